The number of aromatic carboxylic acids is 1. The number of anilines is 2. The van der Waals surface area contributed by atoms with Crippen LogP contribution in [0.5, 0.6) is 5.75 Å². The molecule has 1 aliphatic rings. The van der Waals surface area contributed by atoms with Gasteiger partial charge in [0.15, 0.2) is 0 Å². The van der Waals surface area contributed by atoms with Gasteiger partial charge >= 0.3 is 5.97 Å². The number of nitrogens with zero attached hydrogens (tertiary/aromatic N) is 2. The van der Waals surface area contributed by atoms with Gasteiger partial charge in [0.1, 0.15) is 17.0 Å². The normalized spacial score (nSPS) is 13.4. The van der Waals surface area contributed by atoms with Crippen molar-refractivity contribution in [3.8, 4) is 5.75 Å². The summed E-state index contributed by atoms with van der Waals surface area (Å²) in [6, 6.07) is 7.87. The summed E-state index contributed by atoms with van der Waals surface area (Å²) in [6.07, 6.45) is 1.93. The third-order valence-electron chi connectivity index (χ3n) is 4.37. The molecule has 9 nitrogen and oxygen atoms in total. The predicted octanol–water partition coefficient (Wildman–Crippen LogP) is 2.85. The number of amides is 1. The van der Waals surface area contributed by atoms with E-state index in [0.29, 0.717) is 5.69 Å². The molecule has 0 radical (unpaired) electrons. The smallest absolute Gasteiger partial charge is 0.339 e. The van der Waals surface area contributed by atoms with E-state index in [-0.39, 0.29) is 22.5 Å². The Balaban J connectivity index is 1.84. The van der Waals surface area contributed by atoms with E-state index in [9.17, 15) is 24.8 Å². The highest BCUT2D eigenvalue weighted by molar-refractivity contribution is 6.05. The van der Waals surface area contributed by atoms with Crippen LogP contribution < -0.4 is 10.2 Å². The molecule has 0 unspecified atom stereocenters. The Kier molecular flexibility index (Phi) is 4.93. The first-order valence-electron chi connectivity index (χ1n) is 8.28. The van der Waals surface area contributed by atoms with Gasteiger partial charge in [0, 0.05) is 36.5 Å². The standard InChI is InChI=1S/C18H17N3O6/c22-16-10-12(4-5-13(16)18(24)25)19-17(23)11-3-6-14(15(9-11)21(26)27)20-7-1-2-8-20/h3-6,9-10,22H,1-2,7-8H2,(H,19,23)(H,24,25). The first-order valence-corrected chi connectivity index (χ1v) is 8.28. The van der Waals surface area contributed by atoms with Crippen LogP contribution in [0.3, 0.4) is 0 Å². The van der Waals surface area contributed by atoms with Crippen LogP contribution >= 0.6 is 0 Å². The second-order valence-electron chi connectivity index (χ2n) is 6.15. The second kappa shape index (κ2) is 7.32. The van der Waals surface area contributed by atoms with E-state index in [1.54, 1.807) is 6.07 Å². The number of hydrogen-bond acceptors (Lipinski definition) is 6. The van der Waals surface area contributed by atoms with Gasteiger partial charge in [-0.2, -0.15) is 0 Å². The van der Waals surface area contributed by atoms with Crippen LogP contribution in [0.25, 0.3) is 0 Å². The fourth-order valence-corrected chi connectivity index (χ4v) is 3.03. The van der Waals surface area contributed by atoms with Crippen LogP contribution in [-0.2, 0) is 0 Å². The van der Waals surface area contributed by atoms with Crippen molar-refractivity contribution in [1.82, 2.24) is 0 Å². The Morgan fingerprint density at radius 1 is 1.11 bits per heavy atom. The van der Waals surface area contributed by atoms with Gasteiger partial charge < -0.3 is 20.4 Å². The summed E-state index contributed by atoms with van der Waals surface area (Å²) in [7, 11) is 0. The van der Waals surface area contributed by atoms with E-state index in [0.717, 1.165) is 38.1 Å². The van der Waals surface area contributed by atoms with E-state index in [1.165, 1.54) is 18.2 Å². The number of benzene rings is 2. The van der Waals surface area contributed by atoms with Crippen molar-refractivity contribution in [1.29, 1.82) is 0 Å². The molecule has 0 spiro atoms. The number of rotatable bonds is 5. The van der Waals surface area contributed by atoms with E-state index >= 15 is 0 Å². The molecule has 2 aromatic rings. The molecule has 27 heavy (non-hydrogen) atoms. The highest BCUT2D eigenvalue weighted by Gasteiger charge is 2.24. The zero-order valence-electron chi connectivity index (χ0n) is 14.2. The number of nitro benzene ring substituents is 1. The molecule has 140 valence electrons. The minimum absolute atomic E-state index is 0.0893. The van der Waals surface area contributed by atoms with Crippen molar-refractivity contribution in [2.75, 3.05) is 23.3 Å². The minimum atomic E-state index is -1.29. The quantitative estimate of drug-likeness (QED) is 0.543. The van der Waals surface area contributed by atoms with Crippen LogP contribution in [0.2, 0.25) is 0 Å². The molecule has 1 heterocycles. The van der Waals surface area contributed by atoms with Gasteiger partial charge in [-0.15, -0.1) is 0 Å². The molecule has 9 heteroatoms. The molecule has 0 saturated carbocycles. The van der Waals surface area contributed by atoms with Crippen molar-refractivity contribution >= 4 is 28.9 Å². The number of aromatic hydroxyl groups is 1. The topological polar surface area (TPSA) is 133 Å². The summed E-state index contributed by atoms with van der Waals surface area (Å²) < 4.78 is 0. The number of carbonyl (C=O) groups is 2. The molecule has 0 aromatic heterocycles. The third-order valence-corrected chi connectivity index (χ3v) is 4.37. The molecule has 3 N–H and O–H groups in total. The lowest BCUT2D eigenvalue weighted by Gasteiger charge is -2.17. The van der Waals surface area contributed by atoms with Gasteiger partial charge in [-0.1, -0.05) is 0 Å². The summed E-state index contributed by atoms with van der Waals surface area (Å²) in [5, 5.41) is 32.5. The van der Waals surface area contributed by atoms with E-state index in [4.69, 9.17) is 5.11 Å². The summed E-state index contributed by atoms with van der Waals surface area (Å²) in [6.45, 7) is 1.48. The number of carboxylic acid groups (broad SMARTS) is 1. The molecule has 0 atom stereocenters. The Morgan fingerprint density at radius 3 is 2.41 bits per heavy atom. The van der Waals surface area contributed by atoms with Crippen LogP contribution in [0, 0.1) is 10.1 Å². The Hall–Kier alpha value is -3.62. The first kappa shape index (κ1) is 18.2. The Bertz CT molecular complexity index is 921. The van der Waals surface area contributed by atoms with Crippen LogP contribution in [0.15, 0.2) is 36.4 Å². The number of nitro groups is 1. The van der Waals surface area contributed by atoms with Gasteiger partial charge in [-0.05, 0) is 37.1 Å². The van der Waals surface area contributed by atoms with Gasteiger partial charge in [-0.25, -0.2) is 4.79 Å². The average Bonchev–Trinajstić information content (AvgIpc) is 3.15. The number of carbonyl (C=O) groups excluding carboxylic acids is 1. The molecular formula is C18H17N3O6. The first-order chi connectivity index (χ1) is 12.9. The van der Waals surface area contributed by atoms with Crippen molar-refractivity contribution in [2.24, 2.45) is 0 Å². The van der Waals surface area contributed by atoms with E-state index < -0.39 is 22.5 Å². The number of phenols is 1. The monoisotopic (exact) mass is 371 g/mol. The average molecular weight is 371 g/mol. The maximum atomic E-state index is 12.4. The largest absolute Gasteiger partial charge is 0.507 e. The minimum Gasteiger partial charge on any atom is -0.507 e. The van der Waals surface area contributed by atoms with Crippen molar-refractivity contribution < 1.29 is 24.7 Å². The molecule has 1 aliphatic heterocycles. The highest BCUT2D eigenvalue weighted by atomic mass is 16.6. The number of nitrogens with one attached hydrogen (secondary N) is 1. The van der Waals surface area contributed by atoms with Crippen LogP contribution in [0.4, 0.5) is 17.1 Å². The summed E-state index contributed by atoms with van der Waals surface area (Å²) in [5.41, 5.74) is 0.310. The molecule has 1 saturated heterocycles. The van der Waals surface area contributed by atoms with Crippen molar-refractivity contribution in [3.05, 3.63) is 57.6 Å². The number of hydrogen-bond donors (Lipinski definition) is 3. The van der Waals surface area contributed by atoms with Gasteiger partial charge in [0.05, 0.1) is 4.92 Å². The lowest BCUT2D eigenvalue weighted by molar-refractivity contribution is -0.384. The molecule has 0 aliphatic carbocycles. The summed E-state index contributed by atoms with van der Waals surface area (Å²) in [5.74, 6) is -2.39. The molecule has 2 aromatic carbocycles. The maximum absolute atomic E-state index is 12.4. The van der Waals surface area contributed by atoms with Crippen molar-refractivity contribution in [3.63, 3.8) is 0 Å². The maximum Gasteiger partial charge on any atom is 0.339 e. The summed E-state index contributed by atoms with van der Waals surface area (Å²) in [4.78, 5) is 36.1. The molecular weight excluding hydrogens is 354 g/mol. The fourth-order valence-electron chi connectivity index (χ4n) is 3.03. The van der Waals surface area contributed by atoms with Gasteiger partial charge in [0.25, 0.3) is 11.6 Å². The second-order valence-corrected chi connectivity index (χ2v) is 6.15. The summed E-state index contributed by atoms with van der Waals surface area (Å²) >= 11 is 0. The zero-order chi connectivity index (χ0) is 19.6. The van der Waals surface area contributed by atoms with Crippen molar-refractivity contribution in [2.45, 2.75) is 12.8 Å². The highest BCUT2D eigenvalue weighted by Crippen LogP contribution is 2.32. The van der Waals surface area contributed by atoms with Gasteiger partial charge in [-0.3, -0.25) is 14.9 Å². The molecule has 3 rings (SSSR count). The number of carboxylic acids is 1. The third kappa shape index (κ3) is 3.81. The van der Waals surface area contributed by atoms with Gasteiger partial charge in [0.2, 0.25) is 0 Å². The van der Waals surface area contributed by atoms with Crippen LogP contribution in [0.1, 0.15) is 33.6 Å². The van der Waals surface area contributed by atoms with E-state index in [1.807, 2.05) is 4.90 Å². The lowest BCUT2D eigenvalue weighted by Crippen LogP contribution is -2.19. The Labute approximate surface area is 154 Å². The predicted molar refractivity (Wildman–Crippen MR) is 97.6 cm³/mol. The molecule has 1 amide bonds. The zero-order valence-corrected chi connectivity index (χ0v) is 14.2. The molecule has 1 fully saturated rings. The molecule has 0 bridgehead atoms. The SMILES string of the molecule is O=C(Nc1ccc(C(=O)O)c(O)c1)c1ccc(N2CCCC2)c([N+](=O)[O-])c1. The Morgan fingerprint density at radius 2 is 1.81 bits per heavy atom. The lowest BCUT2D eigenvalue weighted by atomic mass is 10.1. The fraction of sp³-hybridized carbons (Fsp3) is 0.222. The van der Waals surface area contributed by atoms with Crippen LogP contribution in [-0.4, -0.2) is 40.1 Å². The van der Waals surface area contributed by atoms with E-state index in [2.05, 4.69) is 5.32 Å².